The highest BCUT2D eigenvalue weighted by Crippen LogP contribution is 2.37. The molecule has 2 atom stereocenters. The monoisotopic (exact) mass is 540 g/mol. The molecular weight excluding hydrogens is 508 g/mol. The van der Waals surface area contributed by atoms with Crippen molar-refractivity contribution >= 4 is 28.9 Å². The van der Waals surface area contributed by atoms with Gasteiger partial charge in [-0.1, -0.05) is 43.5 Å². The number of carbonyl (C=O) groups excluding carboxylic acids is 1. The summed E-state index contributed by atoms with van der Waals surface area (Å²) in [6.45, 7) is 4.31. The van der Waals surface area contributed by atoms with Gasteiger partial charge in [-0.05, 0) is 55.6 Å². The minimum absolute atomic E-state index is 0.0527. The normalized spacial score (nSPS) is 25.3. The van der Waals surface area contributed by atoms with Crippen LogP contribution in [-0.4, -0.2) is 43.9 Å². The quantitative estimate of drug-likeness (QED) is 0.412. The van der Waals surface area contributed by atoms with Crippen LogP contribution in [0.2, 0.25) is 5.02 Å². The van der Waals surface area contributed by atoms with Gasteiger partial charge in [0.05, 0.1) is 0 Å². The fourth-order valence-corrected chi connectivity index (χ4v) is 6.06. The van der Waals surface area contributed by atoms with Gasteiger partial charge in [-0.15, -0.1) is 5.48 Å². The van der Waals surface area contributed by atoms with Crippen molar-refractivity contribution in [3.8, 4) is 11.3 Å². The number of hydrogen-bond acceptors (Lipinski definition) is 8. The molecule has 11 heteroatoms. The molecule has 10 nitrogen and oxygen atoms in total. The molecule has 1 aromatic carbocycles. The maximum absolute atomic E-state index is 11.7. The van der Waals surface area contributed by atoms with Crippen LogP contribution in [0, 0.1) is 17.8 Å². The van der Waals surface area contributed by atoms with Crippen molar-refractivity contribution in [2.45, 2.75) is 64.3 Å². The number of hydroxylamine groups is 1. The Morgan fingerprint density at radius 3 is 2.63 bits per heavy atom. The maximum Gasteiger partial charge on any atom is 0.427 e. The molecule has 6 rings (SSSR count). The number of fused-ring (bicyclic) bond motifs is 1. The number of halogens is 1. The SMILES string of the molecule is CC1CCC(Cn2c(C(O)C3CCOCC3)nc3nc(C4NOC(=O)N4)nc(-c4cccc(Cl)c4)c32)CC1. The third-order valence-corrected chi connectivity index (χ3v) is 8.33. The van der Waals surface area contributed by atoms with Gasteiger partial charge < -0.3 is 19.2 Å². The van der Waals surface area contributed by atoms with Crippen molar-refractivity contribution in [1.29, 1.82) is 0 Å². The van der Waals surface area contributed by atoms with Crippen molar-refractivity contribution < 1.29 is 19.5 Å². The van der Waals surface area contributed by atoms with Crippen LogP contribution in [0.15, 0.2) is 24.3 Å². The van der Waals surface area contributed by atoms with Crippen molar-refractivity contribution in [2.24, 2.45) is 17.8 Å². The summed E-state index contributed by atoms with van der Waals surface area (Å²) in [5.74, 6) is 2.20. The third kappa shape index (κ3) is 5.10. The van der Waals surface area contributed by atoms with E-state index in [0.29, 0.717) is 47.1 Å². The molecule has 4 heterocycles. The van der Waals surface area contributed by atoms with Crippen LogP contribution in [0.4, 0.5) is 4.79 Å². The molecule has 2 saturated heterocycles. The Morgan fingerprint density at radius 1 is 1.13 bits per heavy atom. The number of benzene rings is 1. The summed E-state index contributed by atoms with van der Waals surface area (Å²) in [7, 11) is 0. The Bertz CT molecular complexity index is 1320. The predicted octanol–water partition coefficient (Wildman–Crippen LogP) is 4.68. The van der Waals surface area contributed by atoms with Gasteiger partial charge in [0, 0.05) is 30.3 Å². The average Bonchev–Trinajstić information content (AvgIpc) is 3.53. The predicted molar refractivity (Wildman–Crippen MR) is 141 cm³/mol. The van der Waals surface area contributed by atoms with Crippen molar-refractivity contribution in [3.63, 3.8) is 0 Å². The van der Waals surface area contributed by atoms with E-state index in [2.05, 4.69) is 22.3 Å². The van der Waals surface area contributed by atoms with Crippen LogP contribution < -0.4 is 10.8 Å². The molecule has 1 amide bonds. The lowest BCUT2D eigenvalue weighted by Gasteiger charge is -2.30. The molecule has 3 N–H and O–H groups in total. The number of nitrogens with one attached hydrogen (secondary N) is 2. The number of aliphatic hydroxyl groups is 1. The van der Waals surface area contributed by atoms with Crippen molar-refractivity contribution in [1.82, 2.24) is 30.3 Å². The summed E-state index contributed by atoms with van der Waals surface area (Å²) in [4.78, 5) is 31.2. The first-order valence-corrected chi connectivity index (χ1v) is 13.9. The second kappa shape index (κ2) is 10.8. The molecule has 3 fully saturated rings. The number of aromatic nitrogens is 4. The summed E-state index contributed by atoms with van der Waals surface area (Å²) in [5.41, 5.74) is 5.33. The molecule has 2 unspecified atom stereocenters. The highest BCUT2D eigenvalue weighted by Gasteiger charge is 2.33. The first-order valence-electron chi connectivity index (χ1n) is 13.5. The molecule has 1 aliphatic carbocycles. The minimum Gasteiger partial charge on any atom is -0.385 e. The summed E-state index contributed by atoms with van der Waals surface area (Å²) < 4.78 is 7.70. The van der Waals surface area contributed by atoms with E-state index >= 15 is 0 Å². The van der Waals surface area contributed by atoms with Crippen LogP contribution in [0.3, 0.4) is 0 Å². The summed E-state index contributed by atoms with van der Waals surface area (Å²) in [6, 6.07) is 7.50. The third-order valence-electron chi connectivity index (χ3n) is 8.09. The molecular formula is C27H33ClN6O4. The van der Waals surface area contributed by atoms with Crippen LogP contribution in [0.1, 0.15) is 69.4 Å². The smallest absolute Gasteiger partial charge is 0.385 e. The van der Waals surface area contributed by atoms with Crippen molar-refractivity contribution in [3.05, 3.63) is 40.9 Å². The first-order chi connectivity index (χ1) is 18.5. The lowest BCUT2D eigenvalue weighted by atomic mass is 9.83. The first kappa shape index (κ1) is 25.5. The Hall–Kier alpha value is -2.79. The second-order valence-electron chi connectivity index (χ2n) is 10.8. The molecule has 1 saturated carbocycles. The standard InChI is InChI=1S/C27H33ClN6O4/c1-15-5-7-16(8-6-15)14-34-21-20(18-3-2-4-19(28)13-18)29-24(25-32-27(36)38-33-25)30-23(21)31-26(34)22(35)17-9-11-37-12-10-17/h2-4,13,15-17,22,25,33,35H,5-12,14H2,1H3,(H,32,36). The van der Waals surface area contributed by atoms with Gasteiger partial charge in [-0.3, -0.25) is 5.32 Å². The highest BCUT2D eigenvalue weighted by molar-refractivity contribution is 6.30. The average molecular weight is 541 g/mol. The molecule has 202 valence electrons. The molecule has 0 spiro atoms. The van der Waals surface area contributed by atoms with E-state index < -0.39 is 18.4 Å². The number of ether oxygens (including phenoxy) is 1. The fraction of sp³-hybridized carbons (Fsp3) is 0.556. The number of nitrogens with zero attached hydrogens (tertiary/aromatic N) is 4. The van der Waals surface area contributed by atoms with Crippen LogP contribution in [0.25, 0.3) is 22.4 Å². The van der Waals surface area contributed by atoms with Gasteiger partial charge in [0.15, 0.2) is 17.6 Å². The largest absolute Gasteiger partial charge is 0.427 e. The van der Waals surface area contributed by atoms with E-state index in [4.69, 9.17) is 36.1 Å². The summed E-state index contributed by atoms with van der Waals surface area (Å²) in [6.07, 6.45) is 4.14. The topological polar surface area (TPSA) is 123 Å². The maximum atomic E-state index is 11.7. The molecule has 38 heavy (non-hydrogen) atoms. The molecule has 0 radical (unpaired) electrons. The van der Waals surface area contributed by atoms with Gasteiger partial charge in [-0.25, -0.2) is 19.7 Å². The molecule has 2 aliphatic heterocycles. The lowest BCUT2D eigenvalue weighted by molar-refractivity contribution is 0.00228. The van der Waals surface area contributed by atoms with E-state index in [1.807, 2.05) is 24.3 Å². The molecule has 3 aliphatic rings. The van der Waals surface area contributed by atoms with Gasteiger partial charge in [0.25, 0.3) is 0 Å². The lowest BCUT2D eigenvalue weighted by Crippen LogP contribution is -2.26. The summed E-state index contributed by atoms with van der Waals surface area (Å²) >= 11 is 6.39. The summed E-state index contributed by atoms with van der Waals surface area (Å²) in [5, 5.41) is 14.9. The highest BCUT2D eigenvalue weighted by atomic mass is 35.5. The van der Waals surface area contributed by atoms with Crippen molar-refractivity contribution in [2.75, 3.05) is 13.2 Å². The number of amides is 1. The number of imidazole rings is 1. The zero-order valence-corrected chi connectivity index (χ0v) is 22.2. The Kier molecular flexibility index (Phi) is 7.22. The second-order valence-corrected chi connectivity index (χ2v) is 11.2. The van der Waals surface area contributed by atoms with Crippen LogP contribution in [-0.2, 0) is 16.1 Å². The molecule has 2 aromatic heterocycles. The van der Waals surface area contributed by atoms with Gasteiger partial charge in [-0.2, -0.15) is 0 Å². The molecule has 3 aromatic rings. The van der Waals surface area contributed by atoms with Gasteiger partial charge in [0.1, 0.15) is 23.1 Å². The van der Waals surface area contributed by atoms with Gasteiger partial charge >= 0.3 is 6.09 Å². The van der Waals surface area contributed by atoms with E-state index in [1.165, 1.54) is 12.8 Å². The van der Waals surface area contributed by atoms with E-state index in [9.17, 15) is 9.90 Å². The van der Waals surface area contributed by atoms with Crippen LogP contribution in [0.5, 0.6) is 0 Å². The zero-order chi connectivity index (χ0) is 26.2. The van der Waals surface area contributed by atoms with Crippen LogP contribution >= 0.6 is 11.6 Å². The minimum atomic E-state index is -0.751. The Balaban J connectivity index is 1.51. The number of rotatable bonds is 6. The van der Waals surface area contributed by atoms with E-state index in [0.717, 1.165) is 49.2 Å². The zero-order valence-electron chi connectivity index (χ0n) is 21.4. The van der Waals surface area contributed by atoms with E-state index in [1.54, 1.807) is 0 Å². The Labute approximate surface area is 226 Å². The molecule has 0 bridgehead atoms. The Morgan fingerprint density at radius 2 is 1.92 bits per heavy atom. The number of carbonyl (C=O) groups is 1. The number of hydrogen-bond donors (Lipinski definition) is 3. The fourth-order valence-electron chi connectivity index (χ4n) is 5.87. The number of aliphatic hydroxyl groups excluding tert-OH is 1. The van der Waals surface area contributed by atoms with Gasteiger partial charge in [0.2, 0.25) is 0 Å². The van der Waals surface area contributed by atoms with E-state index in [-0.39, 0.29) is 5.92 Å².